The van der Waals surface area contributed by atoms with Gasteiger partial charge in [0.1, 0.15) is 11.6 Å². The Morgan fingerprint density at radius 2 is 1.83 bits per heavy atom. The van der Waals surface area contributed by atoms with Gasteiger partial charge in [0.2, 0.25) is 15.9 Å². The molecule has 4 N–H and O–H groups in total. The molecule has 0 aliphatic heterocycles. The van der Waals surface area contributed by atoms with E-state index in [1.807, 2.05) is 0 Å². The monoisotopic (exact) mass is 670 g/mol. The van der Waals surface area contributed by atoms with Crippen LogP contribution in [0.15, 0.2) is 40.8 Å². The molecule has 17 heteroatoms. The summed E-state index contributed by atoms with van der Waals surface area (Å²) >= 11 is 0. The van der Waals surface area contributed by atoms with Gasteiger partial charge < -0.3 is 29.7 Å². The number of primary amides is 1. The molecule has 2 saturated carbocycles. The summed E-state index contributed by atoms with van der Waals surface area (Å²) in [4.78, 5) is 29.4. The van der Waals surface area contributed by atoms with Gasteiger partial charge in [0, 0.05) is 23.7 Å². The number of rotatable bonds is 15. The zero-order chi connectivity index (χ0) is 33.2. The van der Waals surface area contributed by atoms with E-state index in [0.29, 0.717) is 18.9 Å². The van der Waals surface area contributed by atoms with E-state index in [-0.39, 0.29) is 46.8 Å². The first kappa shape index (κ1) is 33.0. The number of alkyl halides is 2. The number of halogens is 4. The first-order valence-electron chi connectivity index (χ1n) is 14.2. The Hall–Kier alpha value is -4.38. The van der Waals surface area contributed by atoms with E-state index in [4.69, 9.17) is 19.6 Å². The third kappa shape index (κ3) is 8.25. The molecule has 2 aliphatic carbocycles. The molecule has 2 aromatic carbocycles. The van der Waals surface area contributed by atoms with Crippen molar-refractivity contribution in [1.29, 1.82) is 0 Å². The van der Waals surface area contributed by atoms with E-state index in [0.717, 1.165) is 25.0 Å². The lowest BCUT2D eigenvalue weighted by atomic mass is 10.1. The van der Waals surface area contributed by atoms with Gasteiger partial charge in [-0.25, -0.2) is 31.7 Å². The summed E-state index contributed by atoms with van der Waals surface area (Å²) in [5.74, 6) is -3.48. The van der Waals surface area contributed by atoms with Crippen LogP contribution in [0.2, 0.25) is 0 Å². The van der Waals surface area contributed by atoms with Crippen molar-refractivity contribution in [3.05, 3.63) is 65.1 Å². The molecule has 1 heterocycles. The third-order valence-corrected chi connectivity index (χ3v) is 9.12. The van der Waals surface area contributed by atoms with Crippen LogP contribution in [0.5, 0.6) is 11.5 Å². The highest BCUT2D eigenvalue weighted by molar-refractivity contribution is 7.90. The zero-order valence-corrected chi connectivity index (χ0v) is 25.1. The predicted molar refractivity (Wildman–Crippen MR) is 152 cm³/mol. The van der Waals surface area contributed by atoms with Crippen molar-refractivity contribution >= 4 is 22.0 Å². The number of nitrogens with zero attached hydrogens (tertiary/aromatic N) is 1. The summed E-state index contributed by atoms with van der Waals surface area (Å²) in [6, 6.07) is 5.07. The number of carbonyl (C=O) groups excluding carboxylic acids is 2. The van der Waals surface area contributed by atoms with Crippen LogP contribution in [-0.2, 0) is 14.8 Å². The number of sulfonamides is 1. The highest BCUT2D eigenvalue weighted by Gasteiger charge is 2.37. The van der Waals surface area contributed by atoms with E-state index < -0.39 is 69.9 Å². The fraction of sp³-hybridized carbons (Fsp3) is 0.414. The molecule has 2 atom stereocenters. The van der Waals surface area contributed by atoms with Crippen LogP contribution in [0.1, 0.15) is 66.6 Å². The van der Waals surface area contributed by atoms with Gasteiger partial charge in [0.05, 0.1) is 17.9 Å². The maximum absolute atomic E-state index is 14.8. The minimum absolute atomic E-state index is 0.0355. The SMILES string of the molecule is CC(OC(N)=O)c1oc(-c2ccc(OC(F)F)c(OCC3CC3)c2)nc1C(=O)NC(CNS(=O)(=O)C1CC1)c1ccc(F)cc1F. The molecule has 0 saturated heterocycles. The lowest BCUT2D eigenvalue weighted by Gasteiger charge is -2.20. The second-order valence-electron chi connectivity index (χ2n) is 10.9. The maximum atomic E-state index is 14.8. The van der Waals surface area contributed by atoms with E-state index in [1.54, 1.807) is 0 Å². The number of carbonyl (C=O) groups is 2. The third-order valence-electron chi connectivity index (χ3n) is 7.20. The summed E-state index contributed by atoms with van der Waals surface area (Å²) in [7, 11) is -3.77. The van der Waals surface area contributed by atoms with Crippen LogP contribution in [0, 0.1) is 17.6 Å². The molecular formula is C29H30F4N4O8S. The second kappa shape index (κ2) is 13.5. The fourth-order valence-electron chi connectivity index (χ4n) is 4.51. The standard InChI is InChI=1S/C29H30F4N4O8S/c1-14(43-29(34)39)25-24(37-27(45-25)16-4-9-22(44-28(32)33)23(10-16)42-13-15-2-3-15)26(38)36-21(12-35-46(40,41)18-6-7-18)19-8-5-17(30)11-20(19)31/h4-5,8-11,14-15,18,21,28,35H,2-3,6-7,12-13H2,1H3,(H2,34,39)(H,36,38). The molecule has 2 aliphatic rings. The van der Waals surface area contributed by atoms with Crippen molar-refractivity contribution in [3.8, 4) is 23.0 Å². The van der Waals surface area contributed by atoms with Crippen molar-refractivity contribution in [1.82, 2.24) is 15.0 Å². The minimum Gasteiger partial charge on any atom is -0.489 e. The molecular weight excluding hydrogens is 640 g/mol. The van der Waals surface area contributed by atoms with Crippen LogP contribution in [0.25, 0.3) is 11.5 Å². The van der Waals surface area contributed by atoms with Crippen molar-refractivity contribution in [2.75, 3.05) is 13.2 Å². The van der Waals surface area contributed by atoms with Gasteiger partial charge in [0.15, 0.2) is 29.1 Å². The molecule has 0 radical (unpaired) electrons. The van der Waals surface area contributed by atoms with Crippen molar-refractivity contribution < 1.29 is 54.2 Å². The average Bonchev–Trinajstić information content (AvgIpc) is 3.92. The summed E-state index contributed by atoms with van der Waals surface area (Å²) in [6.07, 6.45) is 0.262. The van der Waals surface area contributed by atoms with Crippen LogP contribution in [0.4, 0.5) is 22.4 Å². The topological polar surface area (TPSA) is 172 Å². The van der Waals surface area contributed by atoms with Gasteiger partial charge in [0.25, 0.3) is 5.91 Å². The molecule has 2 unspecified atom stereocenters. The molecule has 46 heavy (non-hydrogen) atoms. The number of oxazole rings is 1. The van der Waals surface area contributed by atoms with Crippen LogP contribution in [-0.4, -0.2) is 50.4 Å². The van der Waals surface area contributed by atoms with Crippen LogP contribution >= 0.6 is 0 Å². The van der Waals surface area contributed by atoms with Gasteiger partial charge in [-0.3, -0.25) is 4.79 Å². The number of benzene rings is 2. The summed E-state index contributed by atoms with van der Waals surface area (Å²) in [5, 5.41) is 1.87. The predicted octanol–water partition coefficient (Wildman–Crippen LogP) is 4.72. The fourth-order valence-corrected chi connectivity index (χ4v) is 5.90. The van der Waals surface area contributed by atoms with Crippen molar-refractivity contribution in [3.63, 3.8) is 0 Å². The van der Waals surface area contributed by atoms with Gasteiger partial charge in [-0.1, -0.05) is 6.07 Å². The van der Waals surface area contributed by atoms with E-state index in [1.165, 1.54) is 25.1 Å². The molecule has 5 rings (SSSR count). The Morgan fingerprint density at radius 1 is 1.09 bits per heavy atom. The highest BCUT2D eigenvalue weighted by atomic mass is 32.2. The Labute approximate surface area is 260 Å². The number of aromatic nitrogens is 1. The molecule has 2 amide bonds. The molecule has 0 spiro atoms. The van der Waals surface area contributed by atoms with E-state index >= 15 is 0 Å². The summed E-state index contributed by atoms with van der Waals surface area (Å²) in [5.41, 5.74) is 4.64. The summed E-state index contributed by atoms with van der Waals surface area (Å²) in [6.45, 7) is -2.04. The highest BCUT2D eigenvalue weighted by Crippen LogP contribution is 2.37. The second-order valence-corrected chi connectivity index (χ2v) is 12.9. The van der Waals surface area contributed by atoms with Gasteiger partial charge in [-0.2, -0.15) is 8.78 Å². The number of nitrogens with one attached hydrogen (secondary N) is 2. The molecule has 12 nitrogen and oxygen atoms in total. The van der Waals surface area contributed by atoms with Crippen LogP contribution < -0.4 is 25.2 Å². The zero-order valence-electron chi connectivity index (χ0n) is 24.3. The lowest BCUT2D eigenvalue weighted by molar-refractivity contribution is -0.0515. The molecule has 2 fully saturated rings. The molecule has 0 bridgehead atoms. The molecule has 1 aromatic heterocycles. The molecule has 248 valence electrons. The first-order valence-corrected chi connectivity index (χ1v) is 15.8. The largest absolute Gasteiger partial charge is 0.489 e. The maximum Gasteiger partial charge on any atom is 0.405 e. The Kier molecular flexibility index (Phi) is 9.71. The number of amides is 2. The average molecular weight is 671 g/mol. The van der Waals surface area contributed by atoms with Crippen LogP contribution in [0.3, 0.4) is 0 Å². The number of hydrogen-bond acceptors (Lipinski definition) is 9. The van der Waals surface area contributed by atoms with Gasteiger partial charge in [-0.15, -0.1) is 0 Å². The normalized spacial score (nSPS) is 16.1. The number of hydrogen-bond donors (Lipinski definition) is 3. The van der Waals surface area contributed by atoms with Gasteiger partial charge in [-0.05, 0) is 62.8 Å². The smallest absolute Gasteiger partial charge is 0.405 e. The molecule has 3 aromatic rings. The number of ether oxygens (including phenoxy) is 3. The van der Waals surface area contributed by atoms with E-state index in [9.17, 15) is 35.6 Å². The quantitative estimate of drug-likeness (QED) is 0.194. The Morgan fingerprint density at radius 3 is 2.46 bits per heavy atom. The minimum atomic E-state index is -3.77. The van der Waals surface area contributed by atoms with Gasteiger partial charge >= 0.3 is 12.7 Å². The lowest BCUT2D eigenvalue weighted by Crippen LogP contribution is -2.39. The van der Waals surface area contributed by atoms with Crippen molar-refractivity contribution in [2.45, 2.75) is 56.6 Å². The van der Waals surface area contributed by atoms with E-state index in [2.05, 4.69) is 19.8 Å². The Balaban J connectivity index is 1.48. The summed E-state index contributed by atoms with van der Waals surface area (Å²) < 4.78 is 103. The number of nitrogens with two attached hydrogens (primary N) is 1. The van der Waals surface area contributed by atoms with Crippen molar-refractivity contribution in [2.24, 2.45) is 11.7 Å². The Bertz CT molecular complexity index is 1710. The first-order chi connectivity index (χ1) is 21.8.